The third kappa shape index (κ3) is 3.49. The monoisotopic (exact) mass is 283 g/mol. The second kappa shape index (κ2) is 7.04. The minimum Gasteiger partial charge on any atom is -0.378 e. The number of morpholine rings is 1. The maximum Gasteiger partial charge on any atom is 0.227 e. The molecule has 2 saturated heterocycles. The first-order valence-electron chi connectivity index (χ1n) is 7.52. The Morgan fingerprint density at radius 2 is 2.10 bits per heavy atom. The first-order valence-corrected chi connectivity index (χ1v) is 7.52. The molecule has 6 heteroatoms. The number of amides is 2. The average Bonchev–Trinajstić information content (AvgIpc) is 2.98. The van der Waals surface area contributed by atoms with Gasteiger partial charge in [0.25, 0.3) is 0 Å². The molecule has 2 fully saturated rings. The minimum absolute atomic E-state index is 0.0831. The molecule has 2 amide bonds. The highest BCUT2D eigenvalue weighted by molar-refractivity contribution is 5.84. The summed E-state index contributed by atoms with van der Waals surface area (Å²) in [7, 11) is 0. The maximum atomic E-state index is 12.3. The van der Waals surface area contributed by atoms with E-state index < -0.39 is 0 Å². The van der Waals surface area contributed by atoms with Crippen molar-refractivity contribution in [3.8, 4) is 0 Å². The molecule has 2 rings (SSSR count). The number of nitrogens with zero attached hydrogens (tertiary/aromatic N) is 1. The van der Waals surface area contributed by atoms with Crippen molar-refractivity contribution in [3.05, 3.63) is 0 Å². The van der Waals surface area contributed by atoms with Crippen molar-refractivity contribution in [1.82, 2.24) is 15.5 Å². The first-order chi connectivity index (χ1) is 9.68. The Morgan fingerprint density at radius 3 is 2.70 bits per heavy atom. The summed E-state index contributed by atoms with van der Waals surface area (Å²) in [6.45, 7) is 6.67. The van der Waals surface area contributed by atoms with Crippen LogP contribution < -0.4 is 10.6 Å². The summed E-state index contributed by atoms with van der Waals surface area (Å²) in [5.74, 6) is 0.184. The third-order valence-electron chi connectivity index (χ3n) is 4.39. The summed E-state index contributed by atoms with van der Waals surface area (Å²) < 4.78 is 5.22. The third-order valence-corrected chi connectivity index (χ3v) is 4.39. The second-order valence-electron chi connectivity index (χ2n) is 5.56. The van der Waals surface area contributed by atoms with Crippen LogP contribution in [0.4, 0.5) is 0 Å². The van der Waals surface area contributed by atoms with Crippen LogP contribution in [0.25, 0.3) is 0 Å². The Hall–Kier alpha value is -1.14. The van der Waals surface area contributed by atoms with Crippen LogP contribution in [0.1, 0.15) is 26.2 Å². The highest BCUT2D eigenvalue weighted by atomic mass is 16.5. The van der Waals surface area contributed by atoms with Gasteiger partial charge in [0.15, 0.2) is 0 Å². The lowest BCUT2D eigenvalue weighted by molar-refractivity contribution is -0.135. The molecule has 20 heavy (non-hydrogen) atoms. The SMILES string of the molecule is CCC1(C(=O)NCCC(=O)N2CCOCC2)CCNC1. The van der Waals surface area contributed by atoms with E-state index in [0.29, 0.717) is 39.3 Å². The van der Waals surface area contributed by atoms with Gasteiger partial charge in [0.05, 0.1) is 18.6 Å². The number of carbonyl (C=O) groups is 2. The van der Waals surface area contributed by atoms with Crippen LogP contribution in [0, 0.1) is 5.41 Å². The van der Waals surface area contributed by atoms with E-state index in [1.807, 2.05) is 11.8 Å². The van der Waals surface area contributed by atoms with Crippen LogP contribution in [0.5, 0.6) is 0 Å². The lowest BCUT2D eigenvalue weighted by Gasteiger charge is -2.28. The molecular weight excluding hydrogens is 258 g/mol. The second-order valence-corrected chi connectivity index (χ2v) is 5.56. The Morgan fingerprint density at radius 1 is 1.35 bits per heavy atom. The molecule has 1 unspecified atom stereocenters. The molecule has 0 spiro atoms. The van der Waals surface area contributed by atoms with E-state index in [1.54, 1.807) is 0 Å². The highest BCUT2D eigenvalue weighted by Crippen LogP contribution is 2.29. The molecule has 0 aromatic heterocycles. The van der Waals surface area contributed by atoms with Gasteiger partial charge in [0.2, 0.25) is 11.8 Å². The molecule has 0 aliphatic carbocycles. The number of hydrogen-bond acceptors (Lipinski definition) is 4. The van der Waals surface area contributed by atoms with E-state index >= 15 is 0 Å². The van der Waals surface area contributed by atoms with Crippen LogP contribution >= 0.6 is 0 Å². The lowest BCUT2D eigenvalue weighted by atomic mass is 9.83. The fourth-order valence-electron chi connectivity index (χ4n) is 2.84. The Balaban J connectivity index is 1.72. The van der Waals surface area contributed by atoms with Crippen molar-refractivity contribution in [2.75, 3.05) is 45.9 Å². The normalized spacial score (nSPS) is 26.6. The summed E-state index contributed by atoms with van der Waals surface area (Å²) in [4.78, 5) is 26.0. The van der Waals surface area contributed by atoms with Crippen molar-refractivity contribution in [1.29, 1.82) is 0 Å². The fourth-order valence-corrected chi connectivity index (χ4v) is 2.84. The summed E-state index contributed by atoms with van der Waals surface area (Å²) in [5, 5.41) is 6.17. The zero-order chi connectivity index (χ0) is 14.4. The Labute approximate surface area is 120 Å². The highest BCUT2D eigenvalue weighted by Gasteiger charge is 2.39. The van der Waals surface area contributed by atoms with E-state index in [0.717, 1.165) is 25.9 Å². The quantitative estimate of drug-likeness (QED) is 0.729. The smallest absolute Gasteiger partial charge is 0.227 e. The topological polar surface area (TPSA) is 70.7 Å². The molecule has 2 aliphatic rings. The van der Waals surface area contributed by atoms with E-state index in [4.69, 9.17) is 4.74 Å². The zero-order valence-corrected chi connectivity index (χ0v) is 12.2. The molecular formula is C14H25N3O3. The average molecular weight is 283 g/mol. The number of carbonyl (C=O) groups excluding carboxylic acids is 2. The van der Waals surface area contributed by atoms with Crippen molar-refractivity contribution in [2.45, 2.75) is 26.2 Å². The van der Waals surface area contributed by atoms with E-state index in [-0.39, 0.29) is 17.2 Å². The maximum absolute atomic E-state index is 12.3. The Kier molecular flexibility index (Phi) is 5.37. The van der Waals surface area contributed by atoms with Gasteiger partial charge in [-0.05, 0) is 19.4 Å². The number of nitrogens with one attached hydrogen (secondary N) is 2. The molecule has 0 bridgehead atoms. The molecule has 114 valence electrons. The summed E-state index contributed by atoms with van der Waals surface area (Å²) in [6, 6.07) is 0. The van der Waals surface area contributed by atoms with Crippen molar-refractivity contribution in [3.63, 3.8) is 0 Å². The van der Waals surface area contributed by atoms with Crippen LogP contribution in [0.3, 0.4) is 0 Å². The summed E-state index contributed by atoms with van der Waals surface area (Å²) in [6.07, 6.45) is 2.09. The van der Waals surface area contributed by atoms with Gasteiger partial charge in [-0.15, -0.1) is 0 Å². The van der Waals surface area contributed by atoms with Gasteiger partial charge in [0, 0.05) is 32.6 Å². The molecule has 2 N–H and O–H groups in total. The lowest BCUT2D eigenvalue weighted by Crippen LogP contribution is -2.45. The predicted molar refractivity (Wildman–Crippen MR) is 75.2 cm³/mol. The number of hydrogen-bond donors (Lipinski definition) is 2. The molecule has 1 atom stereocenters. The molecule has 0 aromatic carbocycles. The van der Waals surface area contributed by atoms with Crippen LogP contribution in [-0.4, -0.2) is 62.7 Å². The predicted octanol–water partition coefficient (Wildman–Crippen LogP) is -0.259. The largest absolute Gasteiger partial charge is 0.378 e. The molecule has 2 aliphatic heterocycles. The van der Waals surface area contributed by atoms with Crippen LogP contribution in [0.2, 0.25) is 0 Å². The van der Waals surface area contributed by atoms with Crippen molar-refractivity contribution in [2.24, 2.45) is 5.41 Å². The summed E-state index contributed by atoms with van der Waals surface area (Å²) in [5.41, 5.74) is -0.276. The Bertz CT molecular complexity index is 348. The van der Waals surface area contributed by atoms with E-state index in [2.05, 4.69) is 10.6 Å². The van der Waals surface area contributed by atoms with Gasteiger partial charge in [-0.3, -0.25) is 9.59 Å². The summed E-state index contributed by atoms with van der Waals surface area (Å²) >= 11 is 0. The van der Waals surface area contributed by atoms with E-state index in [9.17, 15) is 9.59 Å². The van der Waals surface area contributed by atoms with Crippen LogP contribution in [0.15, 0.2) is 0 Å². The number of rotatable bonds is 5. The molecule has 2 heterocycles. The number of ether oxygens (including phenoxy) is 1. The molecule has 0 aromatic rings. The van der Waals surface area contributed by atoms with Gasteiger partial charge in [0.1, 0.15) is 0 Å². The van der Waals surface area contributed by atoms with E-state index in [1.165, 1.54) is 0 Å². The first kappa shape index (κ1) is 15.3. The van der Waals surface area contributed by atoms with Gasteiger partial charge >= 0.3 is 0 Å². The van der Waals surface area contributed by atoms with Crippen LogP contribution in [-0.2, 0) is 14.3 Å². The molecule has 0 saturated carbocycles. The zero-order valence-electron chi connectivity index (χ0n) is 12.2. The minimum atomic E-state index is -0.276. The standard InChI is InChI=1S/C14H25N3O3/c1-2-14(4-6-15-11-14)13(19)16-5-3-12(18)17-7-9-20-10-8-17/h15H,2-11H2,1H3,(H,16,19). The van der Waals surface area contributed by atoms with Gasteiger partial charge < -0.3 is 20.3 Å². The van der Waals surface area contributed by atoms with Gasteiger partial charge in [-0.25, -0.2) is 0 Å². The fraction of sp³-hybridized carbons (Fsp3) is 0.857. The van der Waals surface area contributed by atoms with Crippen molar-refractivity contribution >= 4 is 11.8 Å². The molecule has 6 nitrogen and oxygen atoms in total. The van der Waals surface area contributed by atoms with Gasteiger partial charge in [-0.1, -0.05) is 6.92 Å². The van der Waals surface area contributed by atoms with Gasteiger partial charge in [-0.2, -0.15) is 0 Å². The molecule has 0 radical (unpaired) electrons. The van der Waals surface area contributed by atoms with Crippen molar-refractivity contribution < 1.29 is 14.3 Å².